The van der Waals surface area contributed by atoms with Gasteiger partial charge in [0.25, 0.3) is 5.91 Å². The summed E-state index contributed by atoms with van der Waals surface area (Å²) in [4.78, 5) is 23.9. The molecule has 0 fully saturated rings. The molecule has 0 bridgehead atoms. The van der Waals surface area contributed by atoms with E-state index in [1.54, 1.807) is 12.1 Å². The monoisotopic (exact) mass is 233 g/mol. The van der Waals surface area contributed by atoms with Crippen LogP contribution >= 0.6 is 0 Å². The zero-order valence-corrected chi connectivity index (χ0v) is 9.83. The molecule has 1 aliphatic rings. The van der Waals surface area contributed by atoms with E-state index in [-0.39, 0.29) is 11.8 Å². The molecule has 1 unspecified atom stereocenters. The number of nitrogens with two attached hydrogens (primary N) is 1. The molecule has 1 aromatic carbocycles. The summed E-state index contributed by atoms with van der Waals surface area (Å²) >= 11 is 0. The first-order valence-corrected chi connectivity index (χ1v) is 5.55. The Morgan fingerprint density at radius 2 is 2.06 bits per heavy atom. The lowest BCUT2D eigenvalue weighted by Crippen LogP contribution is -2.40. The van der Waals surface area contributed by atoms with E-state index >= 15 is 0 Å². The Morgan fingerprint density at radius 3 is 2.71 bits per heavy atom. The van der Waals surface area contributed by atoms with Crippen LogP contribution in [0.5, 0.6) is 0 Å². The van der Waals surface area contributed by atoms with Gasteiger partial charge in [-0.1, -0.05) is 13.0 Å². The van der Waals surface area contributed by atoms with Crippen molar-refractivity contribution in [2.45, 2.75) is 26.3 Å². The van der Waals surface area contributed by atoms with E-state index < -0.39 is 6.04 Å². The number of rotatable bonds is 1. The van der Waals surface area contributed by atoms with Gasteiger partial charge in [0.15, 0.2) is 0 Å². The number of hydrogen-bond donors (Lipinski definition) is 3. The van der Waals surface area contributed by atoms with Crippen LogP contribution in [0.2, 0.25) is 0 Å². The third-order valence-electron chi connectivity index (χ3n) is 2.95. The smallest absolute Gasteiger partial charge is 0.254 e. The lowest BCUT2D eigenvalue weighted by molar-refractivity contribution is -0.117. The fraction of sp³-hybridized carbons (Fsp3) is 0.333. The molecule has 2 amide bonds. The van der Waals surface area contributed by atoms with Crippen LogP contribution in [0.1, 0.15) is 29.3 Å². The first-order chi connectivity index (χ1) is 8.04. The molecule has 2 rings (SSSR count). The third kappa shape index (κ3) is 1.84. The van der Waals surface area contributed by atoms with Crippen molar-refractivity contribution < 1.29 is 9.59 Å². The fourth-order valence-electron chi connectivity index (χ4n) is 1.94. The SMILES string of the molecule is CCC1NC(=O)c2c(C)ccc(N)c2NC1=O. The van der Waals surface area contributed by atoms with E-state index in [9.17, 15) is 9.59 Å². The summed E-state index contributed by atoms with van der Waals surface area (Å²) in [5.74, 6) is -0.480. The second-order valence-corrected chi connectivity index (χ2v) is 4.15. The minimum atomic E-state index is -0.506. The summed E-state index contributed by atoms with van der Waals surface area (Å²) < 4.78 is 0. The number of carbonyl (C=O) groups is 2. The molecule has 17 heavy (non-hydrogen) atoms. The number of benzene rings is 1. The van der Waals surface area contributed by atoms with Gasteiger partial charge in [0.1, 0.15) is 6.04 Å². The van der Waals surface area contributed by atoms with Crippen LogP contribution in [0.25, 0.3) is 0 Å². The third-order valence-corrected chi connectivity index (χ3v) is 2.95. The molecule has 0 aliphatic carbocycles. The number of anilines is 2. The summed E-state index contributed by atoms with van der Waals surface area (Å²) in [5, 5.41) is 5.41. The predicted molar refractivity (Wildman–Crippen MR) is 65.8 cm³/mol. The maximum Gasteiger partial charge on any atom is 0.254 e. The van der Waals surface area contributed by atoms with Gasteiger partial charge in [0.05, 0.1) is 16.9 Å². The highest BCUT2D eigenvalue weighted by Gasteiger charge is 2.28. The second-order valence-electron chi connectivity index (χ2n) is 4.15. The lowest BCUT2D eigenvalue weighted by Gasteiger charge is -2.11. The largest absolute Gasteiger partial charge is 0.397 e. The number of fused-ring (bicyclic) bond motifs is 1. The number of amides is 2. The van der Waals surface area contributed by atoms with Crippen LogP contribution in [0.15, 0.2) is 12.1 Å². The standard InChI is InChI=1S/C12H15N3O2/c1-3-8-11(16)15-10-7(13)5-4-6(2)9(10)12(17)14-8/h4-5,8H,3,13H2,1-2H3,(H,14,17)(H,15,16). The first-order valence-electron chi connectivity index (χ1n) is 5.55. The van der Waals surface area contributed by atoms with Crippen LogP contribution in [-0.4, -0.2) is 17.9 Å². The van der Waals surface area contributed by atoms with Crippen molar-refractivity contribution in [3.05, 3.63) is 23.3 Å². The van der Waals surface area contributed by atoms with Crippen molar-refractivity contribution in [3.8, 4) is 0 Å². The fourth-order valence-corrected chi connectivity index (χ4v) is 1.94. The van der Waals surface area contributed by atoms with E-state index in [0.29, 0.717) is 23.4 Å². The maximum atomic E-state index is 12.0. The average molecular weight is 233 g/mol. The number of nitrogens with one attached hydrogen (secondary N) is 2. The van der Waals surface area contributed by atoms with Crippen LogP contribution in [0.3, 0.4) is 0 Å². The van der Waals surface area contributed by atoms with Gasteiger partial charge in [-0.2, -0.15) is 0 Å². The van der Waals surface area contributed by atoms with Gasteiger partial charge in [-0.3, -0.25) is 9.59 Å². The minimum Gasteiger partial charge on any atom is -0.397 e. The summed E-state index contributed by atoms with van der Waals surface area (Å²) in [5.41, 5.74) is 7.87. The lowest BCUT2D eigenvalue weighted by atomic mass is 10.0. The predicted octanol–water partition coefficient (Wildman–Crippen LogP) is 1.04. The average Bonchev–Trinajstić information content (AvgIpc) is 2.42. The van der Waals surface area contributed by atoms with Gasteiger partial charge in [0.2, 0.25) is 5.91 Å². The van der Waals surface area contributed by atoms with E-state index in [2.05, 4.69) is 10.6 Å². The molecule has 0 spiro atoms. The quantitative estimate of drug-likeness (QED) is 0.633. The summed E-state index contributed by atoms with van der Waals surface area (Å²) in [6.07, 6.45) is 0.546. The van der Waals surface area contributed by atoms with Crippen molar-refractivity contribution in [2.24, 2.45) is 0 Å². The highest BCUT2D eigenvalue weighted by atomic mass is 16.2. The van der Waals surface area contributed by atoms with Crippen molar-refractivity contribution >= 4 is 23.2 Å². The first kappa shape index (κ1) is 11.4. The number of carbonyl (C=O) groups excluding carboxylic acids is 2. The van der Waals surface area contributed by atoms with E-state index in [4.69, 9.17) is 5.73 Å². The Balaban J connectivity index is 2.57. The highest BCUT2D eigenvalue weighted by molar-refractivity contribution is 6.12. The van der Waals surface area contributed by atoms with Crippen LogP contribution in [0.4, 0.5) is 11.4 Å². The minimum absolute atomic E-state index is 0.225. The molecule has 5 heteroatoms. The molecule has 4 N–H and O–H groups in total. The number of aryl methyl sites for hydroxylation is 1. The molecular weight excluding hydrogens is 218 g/mol. The van der Waals surface area contributed by atoms with Crippen molar-refractivity contribution in [3.63, 3.8) is 0 Å². The summed E-state index contributed by atoms with van der Waals surface area (Å²) in [6.45, 7) is 3.66. The van der Waals surface area contributed by atoms with Gasteiger partial charge in [-0.05, 0) is 25.0 Å². The van der Waals surface area contributed by atoms with Crippen molar-refractivity contribution in [1.29, 1.82) is 0 Å². The Morgan fingerprint density at radius 1 is 1.35 bits per heavy atom. The summed E-state index contributed by atoms with van der Waals surface area (Å²) in [7, 11) is 0. The van der Waals surface area contributed by atoms with Crippen molar-refractivity contribution in [2.75, 3.05) is 11.1 Å². The molecule has 0 aromatic heterocycles. The second kappa shape index (κ2) is 4.08. The van der Waals surface area contributed by atoms with Gasteiger partial charge in [0, 0.05) is 0 Å². The van der Waals surface area contributed by atoms with Gasteiger partial charge < -0.3 is 16.4 Å². The molecule has 5 nitrogen and oxygen atoms in total. The Hall–Kier alpha value is -2.04. The van der Waals surface area contributed by atoms with E-state index in [0.717, 1.165) is 5.56 Å². The van der Waals surface area contributed by atoms with E-state index in [1.165, 1.54) is 0 Å². The van der Waals surface area contributed by atoms with Gasteiger partial charge >= 0.3 is 0 Å². The zero-order chi connectivity index (χ0) is 12.6. The van der Waals surface area contributed by atoms with Crippen LogP contribution < -0.4 is 16.4 Å². The van der Waals surface area contributed by atoms with E-state index in [1.807, 2.05) is 13.8 Å². The molecule has 0 saturated heterocycles. The molecule has 0 saturated carbocycles. The van der Waals surface area contributed by atoms with Crippen LogP contribution in [-0.2, 0) is 4.79 Å². The molecule has 1 aliphatic heterocycles. The van der Waals surface area contributed by atoms with Gasteiger partial charge in [-0.15, -0.1) is 0 Å². The molecule has 1 atom stereocenters. The Bertz CT molecular complexity index is 497. The molecular formula is C12H15N3O2. The molecule has 90 valence electrons. The number of nitrogen functional groups attached to an aromatic ring is 1. The normalized spacial score (nSPS) is 19.1. The maximum absolute atomic E-state index is 12.0. The van der Waals surface area contributed by atoms with Gasteiger partial charge in [-0.25, -0.2) is 0 Å². The van der Waals surface area contributed by atoms with Crippen molar-refractivity contribution in [1.82, 2.24) is 5.32 Å². The molecule has 1 heterocycles. The Kier molecular flexibility index (Phi) is 2.75. The molecule has 1 aromatic rings. The highest BCUT2D eigenvalue weighted by Crippen LogP contribution is 2.28. The topological polar surface area (TPSA) is 84.2 Å². The Labute approximate surface area is 99.4 Å². The molecule has 0 radical (unpaired) electrons. The number of hydrogen-bond acceptors (Lipinski definition) is 3. The summed E-state index contributed by atoms with van der Waals surface area (Å²) in [6, 6.07) is 2.95. The zero-order valence-electron chi connectivity index (χ0n) is 9.83. The van der Waals surface area contributed by atoms with Crippen LogP contribution in [0, 0.1) is 6.92 Å².